The van der Waals surface area contributed by atoms with Crippen molar-refractivity contribution in [3.8, 4) is 17.2 Å². The molecule has 2 N–H and O–H groups in total. The normalized spacial score (nSPS) is 12.2. The zero-order valence-corrected chi connectivity index (χ0v) is 17.2. The van der Waals surface area contributed by atoms with Gasteiger partial charge in [0, 0.05) is 10.0 Å². The number of nitrogens with one attached hydrogen (secondary N) is 2. The van der Waals surface area contributed by atoms with Gasteiger partial charge in [-0.2, -0.15) is 0 Å². The van der Waals surface area contributed by atoms with Crippen LogP contribution in [0.3, 0.4) is 0 Å². The van der Waals surface area contributed by atoms with Gasteiger partial charge in [0.2, 0.25) is 0 Å². The Bertz CT molecular complexity index is 1080. The molecule has 154 valence electrons. The molecule has 0 radical (unpaired) electrons. The minimum absolute atomic E-state index is 0.0466. The fourth-order valence-corrected chi connectivity index (χ4v) is 3.10. The number of furan rings is 1. The second kappa shape index (κ2) is 8.91. The lowest BCUT2D eigenvalue weighted by molar-refractivity contribution is 0.0828. The van der Waals surface area contributed by atoms with E-state index in [0.717, 1.165) is 4.47 Å². The van der Waals surface area contributed by atoms with Crippen molar-refractivity contribution < 1.29 is 28.2 Å². The van der Waals surface area contributed by atoms with Crippen LogP contribution in [0.15, 0.2) is 63.5 Å². The van der Waals surface area contributed by atoms with Crippen molar-refractivity contribution in [1.82, 2.24) is 10.9 Å². The third-order valence-corrected chi connectivity index (χ3v) is 4.65. The van der Waals surface area contributed by atoms with Crippen molar-refractivity contribution in [3.05, 3.63) is 76.2 Å². The summed E-state index contributed by atoms with van der Waals surface area (Å²) in [6, 6.07) is 15.3. The Morgan fingerprint density at radius 2 is 1.73 bits per heavy atom. The van der Waals surface area contributed by atoms with Crippen LogP contribution in [0.25, 0.3) is 0 Å². The van der Waals surface area contributed by atoms with Crippen LogP contribution >= 0.6 is 15.9 Å². The smallest absolute Gasteiger partial charge is 0.305 e. The average Bonchev–Trinajstić information content (AvgIpc) is 3.25. The highest BCUT2D eigenvalue weighted by Gasteiger charge is 2.17. The number of ether oxygens (including phenoxy) is 3. The van der Waals surface area contributed by atoms with Crippen LogP contribution in [-0.2, 0) is 6.61 Å². The Kier molecular flexibility index (Phi) is 5.89. The Morgan fingerprint density at radius 1 is 0.933 bits per heavy atom. The van der Waals surface area contributed by atoms with E-state index in [1.807, 2.05) is 24.3 Å². The van der Waals surface area contributed by atoms with Crippen molar-refractivity contribution >= 4 is 27.7 Å². The number of amides is 2. The largest absolute Gasteiger partial charge is 0.486 e. The molecule has 3 aromatic rings. The molecule has 0 saturated carbocycles. The molecule has 4 rings (SSSR count). The van der Waals surface area contributed by atoms with Crippen LogP contribution in [-0.4, -0.2) is 25.0 Å². The second-order valence-electron chi connectivity index (χ2n) is 6.28. The summed E-state index contributed by atoms with van der Waals surface area (Å²) in [6.07, 6.45) is 0. The van der Waals surface area contributed by atoms with Crippen molar-refractivity contribution in [1.29, 1.82) is 0 Å². The van der Waals surface area contributed by atoms with Gasteiger partial charge in [-0.1, -0.05) is 22.0 Å². The van der Waals surface area contributed by atoms with E-state index < -0.39 is 11.8 Å². The Labute approximate surface area is 180 Å². The number of benzene rings is 2. The van der Waals surface area contributed by atoms with E-state index >= 15 is 0 Å². The standard InChI is InChI=1S/C21H17BrN2O6/c22-14-2-1-3-15(11-14)29-12-16-5-7-18(30-16)21(26)24-23-20(25)13-4-6-17-19(10-13)28-9-8-27-17/h1-7,10-11H,8-9,12H2,(H,23,25)(H,24,26). The first kappa shape index (κ1) is 19.8. The van der Waals surface area contributed by atoms with Crippen molar-refractivity contribution in [3.63, 3.8) is 0 Å². The molecule has 1 aliphatic rings. The minimum atomic E-state index is -0.588. The van der Waals surface area contributed by atoms with E-state index in [1.165, 1.54) is 6.07 Å². The number of rotatable bonds is 5. The first-order valence-electron chi connectivity index (χ1n) is 9.06. The van der Waals surface area contributed by atoms with Crippen LogP contribution < -0.4 is 25.1 Å². The minimum Gasteiger partial charge on any atom is -0.486 e. The number of halogens is 1. The third kappa shape index (κ3) is 4.74. The van der Waals surface area contributed by atoms with Gasteiger partial charge in [-0.05, 0) is 48.5 Å². The molecule has 0 atom stereocenters. The highest BCUT2D eigenvalue weighted by atomic mass is 79.9. The van der Waals surface area contributed by atoms with Crippen LogP contribution in [0, 0.1) is 0 Å². The highest BCUT2D eigenvalue weighted by Crippen LogP contribution is 2.30. The number of carbonyl (C=O) groups is 2. The van der Waals surface area contributed by atoms with Gasteiger partial charge in [0.1, 0.15) is 31.3 Å². The Hall–Kier alpha value is -3.46. The lowest BCUT2D eigenvalue weighted by Crippen LogP contribution is -2.41. The lowest BCUT2D eigenvalue weighted by atomic mass is 10.2. The summed E-state index contributed by atoms with van der Waals surface area (Å²) < 4.78 is 22.9. The molecule has 1 aliphatic heterocycles. The molecule has 0 aliphatic carbocycles. The maximum atomic E-state index is 12.3. The fraction of sp³-hybridized carbons (Fsp3) is 0.143. The number of hydrazine groups is 1. The summed E-state index contributed by atoms with van der Waals surface area (Å²) in [4.78, 5) is 24.5. The summed E-state index contributed by atoms with van der Waals surface area (Å²) in [6.45, 7) is 1.04. The molecule has 0 saturated heterocycles. The van der Waals surface area contributed by atoms with Crippen LogP contribution in [0.2, 0.25) is 0 Å². The van der Waals surface area contributed by atoms with Gasteiger partial charge >= 0.3 is 5.91 Å². The summed E-state index contributed by atoms with van der Waals surface area (Å²) in [7, 11) is 0. The van der Waals surface area contributed by atoms with Gasteiger partial charge in [0.15, 0.2) is 17.3 Å². The van der Waals surface area contributed by atoms with Gasteiger partial charge in [-0.25, -0.2) is 0 Å². The average molecular weight is 473 g/mol. The number of hydrogen-bond acceptors (Lipinski definition) is 6. The van der Waals surface area contributed by atoms with Crippen molar-refractivity contribution in [2.24, 2.45) is 0 Å². The second-order valence-corrected chi connectivity index (χ2v) is 7.19. The maximum absolute atomic E-state index is 12.3. The molecule has 30 heavy (non-hydrogen) atoms. The van der Waals surface area contributed by atoms with Gasteiger partial charge in [0.25, 0.3) is 5.91 Å². The SMILES string of the molecule is O=C(NNC(=O)c1ccc(COc2cccc(Br)c2)o1)c1ccc2c(c1)OCCO2. The van der Waals surface area contributed by atoms with E-state index in [2.05, 4.69) is 26.8 Å². The zero-order valence-electron chi connectivity index (χ0n) is 15.6. The summed E-state index contributed by atoms with van der Waals surface area (Å²) in [5, 5.41) is 0. The molecule has 0 fully saturated rings. The maximum Gasteiger partial charge on any atom is 0.305 e. The first-order valence-corrected chi connectivity index (χ1v) is 9.85. The molecule has 8 nitrogen and oxygen atoms in total. The molecule has 0 bridgehead atoms. The van der Waals surface area contributed by atoms with Gasteiger partial charge < -0.3 is 18.6 Å². The first-order chi connectivity index (χ1) is 14.6. The van der Waals surface area contributed by atoms with Gasteiger partial charge in [-0.15, -0.1) is 0 Å². The Balaban J connectivity index is 1.30. The number of carbonyl (C=O) groups excluding carboxylic acids is 2. The topological polar surface area (TPSA) is 99.0 Å². The van der Waals surface area contributed by atoms with E-state index in [4.69, 9.17) is 18.6 Å². The van der Waals surface area contributed by atoms with Gasteiger partial charge in [-0.3, -0.25) is 20.4 Å². The number of fused-ring (bicyclic) bond motifs is 1. The van der Waals surface area contributed by atoms with Gasteiger partial charge in [0.05, 0.1) is 0 Å². The molecule has 1 aromatic heterocycles. The van der Waals surface area contributed by atoms with Crippen LogP contribution in [0.1, 0.15) is 26.7 Å². The summed E-state index contributed by atoms with van der Waals surface area (Å²) in [5.74, 6) is 1.16. The van der Waals surface area contributed by atoms with Crippen molar-refractivity contribution in [2.75, 3.05) is 13.2 Å². The summed E-state index contributed by atoms with van der Waals surface area (Å²) >= 11 is 3.37. The molecule has 9 heteroatoms. The molecular formula is C21H17BrN2O6. The monoisotopic (exact) mass is 472 g/mol. The van der Waals surface area contributed by atoms with Crippen LogP contribution in [0.5, 0.6) is 17.2 Å². The molecule has 2 amide bonds. The number of hydrogen-bond donors (Lipinski definition) is 2. The molecular weight excluding hydrogens is 456 g/mol. The van der Waals surface area contributed by atoms with Crippen LogP contribution in [0.4, 0.5) is 0 Å². The predicted octanol–water partition coefficient (Wildman–Crippen LogP) is 3.47. The van der Waals surface area contributed by atoms with Crippen molar-refractivity contribution in [2.45, 2.75) is 6.61 Å². The fourth-order valence-electron chi connectivity index (χ4n) is 2.72. The van der Waals surface area contributed by atoms with E-state index in [0.29, 0.717) is 41.8 Å². The molecule has 0 spiro atoms. The molecule has 2 heterocycles. The lowest BCUT2D eigenvalue weighted by Gasteiger charge is -2.18. The predicted molar refractivity (Wildman–Crippen MR) is 110 cm³/mol. The van der Waals surface area contributed by atoms with E-state index in [9.17, 15) is 9.59 Å². The third-order valence-electron chi connectivity index (χ3n) is 4.16. The molecule has 0 unspecified atom stereocenters. The zero-order chi connectivity index (χ0) is 20.9. The Morgan fingerprint density at radius 3 is 2.57 bits per heavy atom. The van der Waals surface area contributed by atoms with E-state index in [1.54, 1.807) is 24.3 Å². The summed E-state index contributed by atoms with van der Waals surface area (Å²) in [5.41, 5.74) is 4.99. The quantitative estimate of drug-likeness (QED) is 0.551. The van der Waals surface area contributed by atoms with E-state index in [-0.39, 0.29) is 12.4 Å². The molecule has 2 aromatic carbocycles. The highest BCUT2D eigenvalue weighted by molar-refractivity contribution is 9.10.